The average Bonchev–Trinajstić information content (AvgIpc) is 3.37. The summed E-state index contributed by atoms with van der Waals surface area (Å²) >= 11 is 1.91. The van der Waals surface area contributed by atoms with Crippen LogP contribution in [0.1, 0.15) is 57.2 Å². The van der Waals surface area contributed by atoms with Crippen molar-refractivity contribution in [2.45, 2.75) is 71.0 Å². The first-order chi connectivity index (χ1) is 10.2. The third-order valence-corrected chi connectivity index (χ3v) is 5.70. The first-order valence-electron chi connectivity index (χ1n) is 8.68. The summed E-state index contributed by atoms with van der Waals surface area (Å²) in [5.74, 6) is 0. The van der Waals surface area contributed by atoms with E-state index in [-0.39, 0.29) is 0 Å². The molecule has 1 N–H and O–H groups in total. The Morgan fingerprint density at radius 1 is 1.33 bits per heavy atom. The molecule has 0 aromatic carbocycles. The summed E-state index contributed by atoms with van der Waals surface area (Å²) in [4.78, 5) is 4.28. The molecule has 2 fully saturated rings. The van der Waals surface area contributed by atoms with Gasteiger partial charge >= 0.3 is 0 Å². The van der Waals surface area contributed by atoms with Gasteiger partial charge in [-0.2, -0.15) is 0 Å². The Morgan fingerprint density at radius 3 is 2.71 bits per heavy atom. The quantitative estimate of drug-likeness (QED) is 0.694. The summed E-state index contributed by atoms with van der Waals surface area (Å²) in [6.07, 6.45) is 8.22. The van der Waals surface area contributed by atoms with Gasteiger partial charge in [-0.15, -0.1) is 11.3 Å². The van der Waals surface area contributed by atoms with Crippen LogP contribution in [0.15, 0.2) is 17.5 Å². The third kappa shape index (κ3) is 4.80. The van der Waals surface area contributed by atoms with Gasteiger partial charge in [-0.3, -0.25) is 4.90 Å². The molecule has 2 nitrogen and oxygen atoms in total. The molecular formula is C18H30N2S. The minimum atomic E-state index is 0.428. The minimum absolute atomic E-state index is 0.428. The van der Waals surface area contributed by atoms with Crippen LogP contribution in [0, 0.1) is 5.41 Å². The fourth-order valence-corrected chi connectivity index (χ4v) is 4.08. The van der Waals surface area contributed by atoms with E-state index in [1.807, 2.05) is 11.3 Å². The van der Waals surface area contributed by atoms with Gasteiger partial charge in [0.05, 0.1) is 0 Å². The van der Waals surface area contributed by atoms with E-state index in [9.17, 15) is 0 Å². The molecule has 1 aromatic rings. The smallest absolute Gasteiger partial charge is 0.0331 e. The van der Waals surface area contributed by atoms with Gasteiger partial charge in [-0.1, -0.05) is 26.3 Å². The van der Waals surface area contributed by atoms with Crippen molar-refractivity contribution in [2.24, 2.45) is 5.41 Å². The van der Waals surface area contributed by atoms with E-state index in [1.165, 1.54) is 56.5 Å². The van der Waals surface area contributed by atoms with E-state index in [0.29, 0.717) is 5.41 Å². The highest BCUT2D eigenvalue weighted by atomic mass is 32.1. The van der Waals surface area contributed by atoms with Crippen molar-refractivity contribution in [1.82, 2.24) is 10.2 Å². The van der Waals surface area contributed by atoms with Crippen LogP contribution in [0.5, 0.6) is 0 Å². The second-order valence-corrected chi connectivity index (χ2v) is 8.46. The SMILES string of the molecule is CCCC(C)(CNC1CC1)CN(Cc1cccs1)C1CC1. The first-order valence-corrected chi connectivity index (χ1v) is 9.56. The maximum absolute atomic E-state index is 3.78. The zero-order valence-electron chi connectivity index (χ0n) is 13.6. The molecular weight excluding hydrogens is 276 g/mol. The molecule has 0 saturated heterocycles. The second kappa shape index (κ2) is 6.80. The summed E-state index contributed by atoms with van der Waals surface area (Å²) < 4.78 is 0. The van der Waals surface area contributed by atoms with Gasteiger partial charge < -0.3 is 5.32 Å². The number of hydrogen-bond donors (Lipinski definition) is 1. The van der Waals surface area contributed by atoms with E-state index < -0.39 is 0 Å². The summed E-state index contributed by atoms with van der Waals surface area (Å²) in [5, 5.41) is 5.99. The largest absolute Gasteiger partial charge is 0.313 e. The maximum atomic E-state index is 3.78. The van der Waals surface area contributed by atoms with Crippen LogP contribution in [0.3, 0.4) is 0 Å². The standard InChI is InChI=1S/C18H30N2S/c1-3-10-18(2,13-19-15-6-7-15)14-20(16-8-9-16)12-17-5-4-11-21-17/h4-5,11,15-16,19H,3,6-10,12-14H2,1-2H3. The maximum Gasteiger partial charge on any atom is 0.0331 e. The van der Waals surface area contributed by atoms with Crippen molar-refractivity contribution in [3.63, 3.8) is 0 Å². The van der Waals surface area contributed by atoms with Crippen molar-refractivity contribution in [3.8, 4) is 0 Å². The van der Waals surface area contributed by atoms with Gasteiger partial charge in [0.15, 0.2) is 0 Å². The van der Waals surface area contributed by atoms with Gasteiger partial charge in [-0.25, -0.2) is 0 Å². The Labute approximate surface area is 133 Å². The zero-order chi connectivity index (χ0) is 14.7. The average molecular weight is 307 g/mol. The van der Waals surface area contributed by atoms with Gasteiger partial charge in [0, 0.05) is 36.6 Å². The van der Waals surface area contributed by atoms with Crippen LogP contribution < -0.4 is 5.32 Å². The molecule has 0 bridgehead atoms. The Morgan fingerprint density at radius 2 is 2.14 bits per heavy atom. The predicted molar refractivity (Wildman–Crippen MR) is 91.8 cm³/mol. The monoisotopic (exact) mass is 306 g/mol. The van der Waals surface area contributed by atoms with Gasteiger partial charge in [0.1, 0.15) is 0 Å². The van der Waals surface area contributed by atoms with Crippen LogP contribution in [0.4, 0.5) is 0 Å². The lowest BCUT2D eigenvalue weighted by molar-refractivity contribution is 0.137. The molecule has 2 saturated carbocycles. The van der Waals surface area contributed by atoms with E-state index in [1.54, 1.807) is 0 Å². The van der Waals surface area contributed by atoms with Crippen LogP contribution in [-0.4, -0.2) is 30.1 Å². The third-order valence-electron chi connectivity index (χ3n) is 4.84. The fraction of sp³-hybridized carbons (Fsp3) is 0.778. The van der Waals surface area contributed by atoms with Crippen molar-refractivity contribution in [1.29, 1.82) is 0 Å². The summed E-state index contributed by atoms with van der Waals surface area (Å²) in [7, 11) is 0. The molecule has 1 unspecified atom stereocenters. The van der Waals surface area contributed by atoms with Gasteiger partial charge in [0.2, 0.25) is 0 Å². The predicted octanol–water partition coefficient (Wildman–Crippen LogP) is 4.27. The van der Waals surface area contributed by atoms with E-state index in [0.717, 1.165) is 18.6 Å². The highest BCUT2D eigenvalue weighted by molar-refractivity contribution is 7.09. The number of nitrogens with zero attached hydrogens (tertiary/aromatic N) is 1. The highest BCUT2D eigenvalue weighted by Gasteiger charge is 2.35. The topological polar surface area (TPSA) is 15.3 Å². The molecule has 0 spiro atoms. The van der Waals surface area contributed by atoms with Crippen molar-refractivity contribution in [3.05, 3.63) is 22.4 Å². The summed E-state index contributed by atoms with van der Waals surface area (Å²) in [6.45, 7) is 8.43. The number of rotatable bonds is 10. The second-order valence-electron chi connectivity index (χ2n) is 7.43. The lowest BCUT2D eigenvalue weighted by atomic mass is 9.84. The first kappa shape index (κ1) is 15.5. The number of hydrogen-bond acceptors (Lipinski definition) is 3. The van der Waals surface area contributed by atoms with Gasteiger partial charge in [-0.05, 0) is 49.0 Å². The van der Waals surface area contributed by atoms with E-state index in [4.69, 9.17) is 0 Å². The minimum Gasteiger partial charge on any atom is -0.313 e. The van der Waals surface area contributed by atoms with Crippen LogP contribution in [0.25, 0.3) is 0 Å². The molecule has 0 amide bonds. The van der Waals surface area contributed by atoms with Gasteiger partial charge in [0.25, 0.3) is 0 Å². The fourth-order valence-electron chi connectivity index (χ4n) is 3.35. The molecule has 21 heavy (non-hydrogen) atoms. The highest BCUT2D eigenvalue weighted by Crippen LogP contribution is 2.34. The normalized spacial score (nSPS) is 21.7. The van der Waals surface area contributed by atoms with Crippen LogP contribution >= 0.6 is 11.3 Å². The summed E-state index contributed by atoms with van der Waals surface area (Å²) in [5.41, 5.74) is 0.428. The molecule has 3 rings (SSSR count). The molecule has 1 aromatic heterocycles. The Kier molecular flexibility index (Phi) is 5.03. The number of nitrogens with one attached hydrogen (secondary N) is 1. The lowest BCUT2D eigenvalue weighted by Gasteiger charge is -2.36. The molecule has 0 radical (unpaired) electrons. The Hall–Kier alpha value is -0.380. The van der Waals surface area contributed by atoms with E-state index >= 15 is 0 Å². The van der Waals surface area contributed by atoms with Crippen molar-refractivity contribution in [2.75, 3.05) is 13.1 Å². The molecule has 2 aliphatic carbocycles. The molecule has 1 heterocycles. The number of thiophene rings is 1. The van der Waals surface area contributed by atoms with Crippen molar-refractivity contribution >= 4 is 11.3 Å². The van der Waals surface area contributed by atoms with Crippen LogP contribution in [-0.2, 0) is 6.54 Å². The van der Waals surface area contributed by atoms with Crippen molar-refractivity contribution < 1.29 is 0 Å². The Bertz CT molecular complexity index is 422. The molecule has 118 valence electrons. The molecule has 0 aliphatic heterocycles. The molecule has 1 atom stereocenters. The zero-order valence-corrected chi connectivity index (χ0v) is 14.4. The summed E-state index contributed by atoms with van der Waals surface area (Å²) in [6, 6.07) is 6.15. The lowest BCUT2D eigenvalue weighted by Crippen LogP contribution is -2.43. The Balaban J connectivity index is 1.59. The molecule has 2 aliphatic rings. The van der Waals surface area contributed by atoms with E-state index in [2.05, 4.69) is 41.6 Å². The molecule has 3 heteroatoms. The van der Waals surface area contributed by atoms with Crippen LogP contribution in [0.2, 0.25) is 0 Å².